The molecule has 1 amide bonds. The molecule has 4 rings (SSSR count). The molecule has 0 aliphatic carbocycles. The van der Waals surface area contributed by atoms with Gasteiger partial charge in [-0.3, -0.25) is 4.79 Å². The Kier molecular flexibility index (Phi) is 5.22. The van der Waals surface area contributed by atoms with Crippen LogP contribution < -0.4 is 4.74 Å². The Morgan fingerprint density at radius 3 is 2.76 bits per heavy atom. The normalized spacial score (nSPS) is 11.0. The number of carbonyl (C=O) groups is 1. The molecule has 0 saturated heterocycles. The van der Waals surface area contributed by atoms with Gasteiger partial charge < -0.3 is 19.1 Å². The highest BCUT2D eigenvalue weighted by Gasteiger charge is 2.15. The van der Waals surface area contributed by atoms with Crippen LogP contribution in [0.15, 0.2) is 53.1 Å². The molecule has 0 saturated carbocycles. The summed E-state index contributed by atoms with van der Waals surface area (Å²) < 4.78 is 10.6. The molecule has 7 nitrogen and oxygen atoms in total. The van der Waals surface area contributed by atoms with E-state index in [2.05, 4.69) is 15.1 Å². The van der Waals surface area contributed by atoms with Crippen molar-refractivity contribution >= 4 is 28.4 Å². The number of aromatic amines is 1. The average molecular weight is 411 g/mol. The third-order valence-electron chi connectivity index (χ3n) is 4.64. The summed E-state index contributed by atoms with van der Waals surface area (Å²) in [6, 6.07) is 14.5. The predicted octanol–water partition coefficient (Wildman–Crippen LogP) is 4.19. The van der Waals surface area contributed by atoms with Crippen molar-refractivity contribution in [1.29, 1.82) is 0 Å². The Morgan fingerprint density at radius 2 is 2.00 bits per heavy atom. The molecule has 0 radical (unpaired) electrons. The third kappa shape index (κ3) is 4.09. The van der Waals surface area contributed by atoms with Gasteiger partial charge >= 0.3 is 0 Å². The average Bonchev–Trinajstić information content (AvgIpc) is 3.38. The smallest absolute Gasteiger partial charge is 0.274 e. The lowest BCUT2D eigenvalue weighted by Crippen LogP contribution is -2.29. The van der Waals surface area contributed by atoms with Crippen LogP contribution in [-0.2, 0) is 6.42 Å². The van der Waals surface area contributed by atoms with Crippen LogP contribution >= 0.6 is 11.6 Å². The van der Waals surface area contributed by atoms with E-state index in [0.717, 1.165) is 22.3 Å². The largest absolute Gasteiger partial charge is 0.497 e. The SMILES string of the molecule is COc1ccc2[nH]c(-c3nc(CCN(C)C(=O)c4ccc(Cl)cc4)no3)cc2c1. The molecular formula is C21H19ClN4O3. The van der Waals surface area contributed by atoms with E-state index in [-0.39, 0.29) is 5.91 Å². The Morgan fingerprint density at radius 1 is 1.21 bits per heavy atom. The first-order valence-corrected chi connectivity index (χ1v) is 9.42. The van der Waals surface area contributed by atoms with Crippen molar-refractivity contribution in [1.82, 2.24) is 20.0 Å². The number of rotatable bonds is 6. The quantitative estimate of drug-likeness (QED) is 0.515. The van der Waals surface area contributed by atoms with Gasteiger partial charge in [-0.1, -0.05) is 16.8 Å². The molecule has 0 fully saturated rings. The summed E-state index contributed by atoms with van der Waals surface area (Å²) in [6.07, 6.45) is 0.480. The topological polar surface area (TPSA) is 84.2 Å². The molecule has 0 unspecified atom stereocenters. The van der Waals surface area contributed by atoms with Crippen molar-refractivity contribution in [3.63, 3.8) is 0 Å². The lowest BCUT2D eigenvalue weighted by atomic mass is 10.2. The second kappa shape index (κ2) is 7.97. The van der Waals surface area contributed by atoms with Gasteiger partial charge in [-0.15, -0.1) is 0 Å². The van der Waals surface area contributed by atoms with Crippen molar-refractivity contribution in [3.8, 4) is 17.3 Å². The highest BCUT2D eigenvalue weighted by molar-refractivity contribution is 6.30. The van der Waals surface area contributed by atoms with Crippen LogP contribution in [0.5, 0.6) is 5.75 Å². The standard InChI is InChI=1S/C21H19ClN4O3/c1-26(21(27)13-3-5-15(22)6-4-13)10-9-19-24-20(29-25-19)18-12-14-11-16(28-2)7-8-17(14)23-18/h3-8,11-12,23H,9-10H2,1-2H3. The number of benzene rings is 2. The molecule has 0 atom stereocenters. The third-order valence-corrected chi connectivity index (χ3v) is 4.89. The van der Waals surface area contributed by atoms with Crippen LogP contribution in [0.2, 0.25) is 5.02 Å². The summed E-state index contributed by atoms with van der Waals surface area (Å²) in [7, 11) is 3.37. The van der Waals surface area contributed by atoms with Crippen LogP contribution in [0.1, 0.15) is 16.2 Å². The maximum absolute atomic E-state index is 12.5. The van der Waals surface area contributed by atoms with Crippen LogP contribution in [0.3, 0.4) is 0 Å². The summed E-state index contributed by atoms with van der Waals surface area (Å²) in [6.45, 7) is 0.463. The molecule has 148 valence electrons. The van der Waals surface area contributed by atoms with Crippen molar-refractivity contribution < 1.29 is 14.1 Å². The van der Waals surface area contributed by atoms with Crippen molar-refractivity contribution in [2.24, 2.45) is 0 Å². The molecule has 2 aromatic heterocycles. The summed E-state index contributed by atoms with van der Waals surface area (Å²) in [5, 5.41) is 5.62. The predicted molar refractivity (Wildman–Crippen MR) is 110 cm³/mol. The number of nitrogens with one attached hydrogen (secondary N) is 1. The minimum absolute atomic E-state index is 0.0880. The molecular weight excluding hydrogens is 392 g/mol. The number of carbonyl (C=O) groups excluding carboxylic acids is 1. The number of halogens is 1. The van der Waals surface area contributed by atoms with Crippen LogP contribution in [-0.4, -0.2) is 46.6 Å². The van der Waals surface area contributed by atoms with E-state index in [1.165, 1.54) is 0 Å². The molecule has 8 heteroatoms. The maximum atomic E-state index is 12.5. The van der Waals surface area contributed by atoms with Crippen LogP contribution in [0.4, 0.5) is 0 Å². The highest BCUT2D eigenvalue weighted by Crippen LogP contribution is 2.26. The molecule has 0 aliphatic rings. The number of amides is 1. The molecule has 1 N–H and O–H groups in total. The van der Waals surface area contributed by atoms with Gasteiger partial charge in [0, 0.05) is 41.5 Å². The fraction of sp³-hybridized carbons (Fsp3) is 0.190. The molecule has 29 heavy (non-hydrogen) atoms. The Bertz CT molecular complexity index is 1150. The number of hydrogen-bond donors (Lipinski definition) is 1. The first-order valence-electron chi connectivity index (χ1n) is 9.04. The van der Waals surface area contributed by atoms with E-state index in [0.29, 0.717) is 35.3 Å². The fourth-order valence-electron chi connectivity index (χ4n) is 3.00. The van der Waals surface area contributed by atoms with Gasteiger partial charge in [-0.05, 0) is 48.5 Å². The summed E-state index contributed by atoms with van der Waals surface area (Å²) in [5.74, 6) is 1.63. The van der Waals surface area contributed by atoms with Crippen LogP contribution in [0, 0.1) is 0 Å². The van der Waals surface area contributed by atoms with E-state index >= 15 is 0 Å². The van der Waals surface area contributed by atoms with E-state index in [1.807, 2.05) is 24.3 Å². The molecule has 2 heterocycles. The number of fused-ring (bicyclic) bond motifs is 1. The summed E-state index contributed by atoms with van der Waals surface area (Å²) in [4.78, 5) is 21.8. The molecule has 0 aliphatic heterocycles. The van der Waals surface area contributed by atoms with E-state index in [9.17, 15) is 4.79 Å². The highest BCUT2D eigenvalue weighted by atomic mass is 35.5. The first-order chi connectivity index (χ1) is 14.0. The van der Waals surface area contributed by atoms with Gasteiger partial charge in [-0.2, -0.15) is 4.98 Å². The Hall–Kier alpha value is -3.32. The molecule has 0 spiro atoms. The Balaban J connectivity index is 1.42. The number of aromatic nitrogens is 3. The zero-order valence-corrected chi connectivity index (χ0v) is 16.7. The van der Waals surface area contributed by atoms with Gasteiger partial charge in [0.15, 0.2) is 5.82 Å². The monoisotopic (exact) mass is 410 g/mol. The first kappa shape index (κ1) is 19.0. The van der Waals surface area contributed by atoms with Gasteiger partial charge in [0.1, 0.15) is 11.4 Å². The zero-order chi connectivity index (χ0) is 20.4. The molecule has 4 aromatic rings. The summed E-state index contributed by atoms with van der Waals surface area (Å²) in [5.41, 5.74) is 2.27. The minimum atomic E-state index is -0.0880. The molecule has 2 aromatic carbocycles. The number of hydrogen-bond acceptors (Lipinski definition) is 5. The van der Waals surface area contributed by atoms with Gasteiger partial charge in [0.05, 0.1) is 7.11 Å². The number of nitrogens with zero attached hydrogens (tertiary/aromatic N) is 3. The Labute approximate surface area is 172 Å². The lowest BCUT2D eigenvalue weighted by molar-refractivity contribution is 0.0796. The second-order valence-corrected chi connectivity index (χ2v) is 7.07. The zero-order valence-electron chi connectivity index (χ0n) is 16.0. The molecule has 0 bridgehead atoms. The van der Waals surface area contributed by atoms with Crippen molar-refractivity contribution in [2.75, 3.05) is 20.7 Å². The van der Waals surface area contributed by atoms with Gasteiger partial charge in [0.25, 0.3) is 11.8 Å². The lowest BCUT2D eigenvalue weighted by Gasteiger charge is -2.16. The number of likely N-dealkylation sites (N-methyl/N-ethyl adjacent to an activating group) is 1. The van der Waals surface area contributed by atoms with Crippen LogP contribution in [0.25, 0.3) is 22.5 Å². The number of ether oxygens (including phenoxy) is 1. The van der Waals surface area contributed by atoms with E-state index in [4.69, 9.17) is 20.9 Å². The maximum Gasteiger partial charge on any atom is 0.274 e. The van der Waals surface area contributed by atoms with E-state index < -0.39 is 0 Å². The van der Waals surface area contributed by atoms with Crippen molar-refractivity contribution in [2.45, 2.75) is 6.42 Å². The van der Waals surface area contributed by atoms with Gasteiger partial charge in [-0.25, -0.2) is 0 Å². The second-order valence-electron chi connectivity index (χ2n) is 6.64. The van der Waals surface area contributed by atoms with Gasteiger partial charge in [0.2, 0.25) is 0 Å². The minimum Gasteiger partial charge on any atom is -0.497 e. The fourth-order valence-corrected chi connectivity index (χ4v) is 3.13. The van der Waals surface area contributed by atoms with E-state index in [1.54, 1.807) is 43.3 Å². The number of H-pyrrole nitrogens is 1. The number of methoxy groups -OCH3 is 1. The van der Waals surface area contributed by atoms with Crippen molar-refractivity contribution in [3.05, 3.63) is 64.9 Å². The summed E-state index contributed by atoms with van der Waals surface area (Å²) >= 11 is 5.87.